The van der Waals surface area contributed by atoms with Crippen molar-refractivity contribution in [3.8, 4) is 11.5 Å². The molecule has 6 nitrogen and oxygen atoms in total. The minimum atomic E-state index is 0.537. The molecular formula is C21H29N3O3. The van der Waals surface area contributed by atoms with Crippen LogP contribution >= 0.6 is 0 Å². The molecule has 0 heterocycles. The molecule has 0 aliphatic heterocycles. The molecule has 0 saturated heterocycles. The van der Waals surface area contributed by atoms with Crippen molar-refractivity contribution in [2.45, 2.75) is 20.0 Å². The molecule has 6 heteroatoms. The van der Waals surface area contributed by atoms with Crippen molar-refractivity contribution in [1.29, 1.82) is 0 Å². The van der Waals surface area contributed by atoms with E-state index in [0.717, 1.165) is 28.6 Å². The molecule has 27 heavy (non-hydrogen) atoms. The van der Waals surface area contributed by atoms with Crippen molar-refractivity contribution in [2.75, 3.05) is 34.5 Å². The molecule has 2 aromatic rings. The number of nitrogens with zero attached hydrogens (tertiary/aromatic N) is 1. The summed E-state index contributed by atoms with van der Waals surface area (Å²) in [6.45, 7) is 4.43. The molecule has 146 valence electrons. The Hall–Kier alpha value is -2.73. The van der Waals surface area contributed by atoms with Crippen molar-refractivity contribution < 1.29 is 14.2 Å². The highest BCUT2D eigenvalue weighted by Crippen LogP contribution is 2.19. The van der Waals surface area contributed by atoms with Crippen molar-refractivity contribution in [1.82, 2.24) is 10.6 Å². The molecule has 2 aromatic carbocycles. The third kappa shape index (κ3) is 6.83. The Kier molecular flexibility index (Phi) is 8.45. The Morgan fingerprint density at radius 2 is 1.81 bits per heavy atom. The number of rotatable bonds is 9. The van der Waals surface area contributed by atoms with Gasteiger partial charge >= 0.3 is 0 Å². The number of benzene rings is 2. The summed E-state index contributed by atoms with van der Waals surface area (Å²) in [4.78, 5) is 4.28. The largest absolute Gasteiger partial charge is 0.496 e. The standard InChI is InChI=1S/C21H29N3O3/c1-16-8-9-18(20(12-16)26-4)15-24-21(22-2)23-14-17-6-5-7-19(13-17)27-11-10-25-3/h5-9,12-13H,10-11,14-15H2,1-4H3,(H2,22,23,24). The smallest absolute Gasteiger partial charge is 0.191 e. The molecule has 0 radical (unpaired) electrons. The maximum absolute atomic E-state index is 5.65. The predicted molar refractivity (Wildman–Crippen MR) is 109 cm³/mol. The highest BCUT2D eigenvalue weighted by atomic mass is 16.5. The average Bonchev–Trinajstić information content (AvgIpc) is 2.69. The van der Waals surface area contributed by atoms with Gasteiger partial charge < -0.3 is 24.8 Å². The van der Waals surface area contributed by atoms with E-state index in [1.807, 2.05) is 37.3 Å². The van der Waals surface area contributed by atoms with Gasteiger partial charge in [0, 0.05) is 32.8 Å². The van der Waals surface area contributed by atoms with E-state index in [4.69, 9.17) is 14.2 Å². The highest BCUT2D eigenvalue weighted by Gasteiger charge is 2.05. The van der Waals surface area contributed by atoms with E-state index in [-0.39, 0.29) is 0 Å². The molecule has 0 aromatic heterocycles. The molecule has 2 rings (SSSR count). The van der Waals surface area contributed by atoms with Crippen LogP contribution in [0, 0.1) is 6.92 Å². The summed E-state index contributed by atoms with van der Waals surface area (Å²) in [7, 11) is 5.10. The van der Waals surface area contributed by atoms with Crippen LogP contribution < -0.4 is 20.1 Å². The van der Waals surface area contributed by atoms with Crippen LogP contribution in [0.2, 0.25) is 0 Å². The van der Waals surface area contributed by atoms with Gasteiger partial charge in [-0.2, -0.15) is 0 Å². The first kappa shape index (κ1) is 20.6. The van der Waals surface area contributed by atoms with Crippen molar-refractivity contribution >= 4 is 5.96 Å². The molecule has 0 saturated carbocycles. The van der Waals surface area contributed by atoms with Crippen molar-refractivity contribution in [3.63, 3.8) is 0 Å². The van der Waals surface area contributed by atoms with E-state index < -0.39 is 0 Å². The number of methoxy groups -OCH3 is 2. The number of nitrogens with one attached hydrogen (secondary N) is 2. The topological polar surface area (TPSA) is 64.1 Å². The van der Waals surface area contributed by atoms with Crippen LogP contribution in [-0.4, -0.2) is 40.4 Å². The second-order valence-corrected chi connectivity index (χ2v) is 6.08. The molecule has 0 bridgehead atoms. The minimum absolute atomic E-state index is 0.537. The third-order valence-corrected chi connectivity index (χ3v) is 4.03. The van der Waals surface area contributed by atoms with E-state index in [9.17, 15) is 0 Å². The SMILES string of the molecule is CN=C(NCc1cccc(OCCOC)c1)NCc1ccc(C)cc1OC. The lowest BCUT2D eigenvalue weighted by Crippen LogP contribution is -2.36. The normalized spacial score (nSPS) is 11.2. The molecule has 0 unspecified atom stereocenters. The van der Waals surface area contributed by atoms with Gasteiger partial charge in [0.15, 0.2) is 5.96 Å². The van der Waals surface area contributed by atoms with Gasteiger partial charge in [-0.3, -0.25) is 4.99 Å². The first-order chi connectivity index (χ1) is 13.2. The van der Waals surface area contributed by atoms with Crippen LogP contribution in [0.15, 0.2) is 47.5 Å². The maximum Gasteiger partial charge on any atom is 0.191 e. The van der Waals surface area contributed by atoms with Gasteiger partial charge in [0.25, 0.3) is 0 Å². The number of aryl methyl sites for hydroxylation is 1. The zero-order valence-corrected chi connectivity index (χ0v) is 16.5. The van der Waals surface area contributed by atoms with Gasteiger partial charge in [0.2, 0.25) is 0 Å². The lowest BCUT2D eigenvalue weighted by atomic mass is 10.1. The van der Waals surface area contributed by atoms with Crippen molar-refractivity contribution in [2.24, 2.45) is 4.99 Å². The van der Waals surface area contributed by atoms with E-state index in [0.29, 0.717) is 26.3 Å². The Labute approximate surface area is 161 Å². The quantitative estimate of drug-likeness (QED) is 0.403. The van der Waals surface area contributed by atoms with Crippen LogP contribution in [-0.2, 0) is 17.8 Å². The molecular weight excluding hydrogens is 342 g/mol. The molecule has 0 aliphatic rings. The van der Waals surface area contributed by atoms with Gasteiger partial charge in [-0.15, -0.1) is 0 Å². The summed E-state index contributed by atoms with van der Waals surface area (Å²) in [6, 6.07) is 14.1. The second-order valence-electron chi connectivity index (χ2n) is 6.08. The maximum atomic E-state index is 5.65. The Morgan fingerprint density at radius 1 is 1.00 bits per heavy atom. The fraction of sp³-hybridized carbons (Fsp3) is 0.381. The van der Waals surface area contributed by atoms with Crippen LogP contribution in [0.25, 0.3) is 0 Å². The Morgan fingerprint density at radius 3 is 2.56 bits per heavy atom. The molecule has 0 aliphatic carbocycles. The first-order valence-electron chi connectivity index (χ1n) is 8.95. The Bertz CT molecular complexity index is 747. The monoisotopic (exact) mass is 371 g/mol. The lowest BCUT2D eigenvalue weighted by molar-refractivity contribution is 0.146. The van der Waals surface area contributed by atoms with E-state index >= 15 is 0 Å². The van der Waals surface area contributed by atoms with Gasteiger partial charge in [-0.25, -0.2) is 0 Å². The third-order valence-electron chi connectivity index (χ3n) is 4.03. The predicted octanol–water partition coefficient (Wildman–Crippen LogP) is 2.89. The zero-order chi connectivity index (χ0) is 19.5. The van der Waals surface area contributed by atoms with E-state index in [1.54, 1.807) is 21.3 Å². The van der Waals surface area contributed by atoms with Gasteiger partial charge in [-0.1, -0.05) is 24.3 Å². The van der Waals surface area contributed by atoms with Gasteiger partial charge in [0.1, 0.15) is 18.1 Å². The highest BCUT2D eigenvalue weighted by molar-refractivity contribution is 5.79. The number of hydrogen-bond donors (Lipinski definition) is 2. The molecule has 0 spiro atoms. The average molecular weight is 371 g/mol. The Balaban J connectivity index is 1.88. The van der Waals surface area contributed by atoms with Gasteiger partial charge in [0.05, 0.1) is 13.7 Å². The fourth-order valence-electron chi connectivity index (χ4n) is 2.57. The van der Waals surface area contributed by atoms with Gasteiger partial charge in [-0.05, 0) is 36.2 Å². The van der Waals surface area contributed by atoms with Crippen LogP contribution in [0.5, 0.6) is 11.5 Å². The first-order valence-corrected chi connectivity index (χ1v) is 8.95. The van der Waals surface area contributed by atoms with Crippen molar-refractivity contribution in [3.05, 3.63) is 59.2 Å². The molecule has 0 amide bonds. The van der Waals surface area contributed by atoms with E-state index in [1.165, 1.54) is 5.56 Å². The number of hydrogen-bond acceptors (Lipinski definition) is 4. The lowest BCUT2D eigenvalue weighted by Gasteiger charge is -2.14. The van der Waals surface area contributed by atoms with E-state index in [2.05, 4.69) is 27.8 Å². The van der Waals surface area contributed by atoms with Crippen LogP contribution in [0.1, 0.15) is 16.7 Å². The number of ether oxygens (including phenoxy) is 3. The summed E-state index contributed by atoms with van der Waals surface area (Å²) in [5.74, 6) is 2.43. The van der Waals surface area contributed by atoms with Crippen LogP contribution in [0.4, 0.5) is 0 Å². The zero-order valence-electron chi connectivity index (χ0n) is 16.5. The summed E-state index contributed by atoms with van der Waals surface area (Å²) in [5, 5.41) is 6.63. The minimum Gasteiger partial charge on any atom is -0.496 e. The summed E-state index contributed by atoms with van der Waals surface area (Å²) in [5.41, 5.74) is 3.37. The second kappa shape index (κ2) is 11.1. The summed E-state index contributed by atoms with van der Waals surface area (Å²) in [6.07, 6.45) is 0. The number of guanidine groups is 1. The molecule has 2 N–H and O–H groups in total. The summed E-state index contributed by atoms with van der Waals surface area (Å²) < 4.78 is 16.1. The van der Waals surface area contributed by atoms with Crippen LogP contribution in [0.3, 0.4) is 0 Å². The fourth-order valence-corrected chi connectivity index (χ4v) is 2.57. The number of aliphatic imine (C=N–C) groups is 1. The molecule has 0 atom stereocenters. The summed E-state index contributed by atoms with van der Waals surface area (Å²) >= 11 is 0. The molecule has 0 fully saturated rings.